The van der Waals surface area contributed by atoms with Crippen LogP contribution in [-0.2, 0) is 6.61 Å². The van der Waals surface area contributed by atoms with Gasteiger partial charge in [0.1, 0.15) is 23.5 Å². The van der Waals surface area contributed by atoms with Crippen molar-refractivity contribution < 1.29 is 4.74 Å². The summed E-state index contributed by atoms with van der Waals surface area (Å²) in [5.41, 5.74) is 3.86. The molecule has 0 radical (unpaired) electrons. The van der Waals surface area contributed by atoms with Crippen LogP contribution in [0.25, 0.3) is 27.3 Å². The van der Waals surface area contributed by atoms with Crippen LogP contribution in [0.4, 0.5) is 0 Å². The maximum atomic E-state index is 6.06. The van der Waals surface area contributed by atoms with E-state index in [0.29, 0.717) is 12.4 Å². The summed E-state index contributed by atoms with van der Waals surface area (Å²) >= 11 is 7.66. The summed E-state index contributed by atoms with van der Waals surface area (Å²) in [6.45, 7) is 2.45. The summed E-state index contributed by atoms with van der Waals surface area (Å²) in [5, 5.41) is 8.34. The zero-order valence-corrected chi connectivity index (χ0v) is 16.5. The van der Waals surface area contributed by atoms with Crippen LogP contribution in [0.1, 0.15) is 11.1 Å². The molecule has 0 unspecified atom stereocenters. The van der Waals surface area contributed by atoms with E-state index in [1.54, 1.807) is 22.2 Å². The Morgan fingerprint density at radius 1 is 1.11 bits per heavy atom. The molecule has 0 N–H and O–H groups in total. The van der Waals surface area contributed by atoms with Gasteiger partial charge >= 0.3 is 0 Å². The van der Waals surface area contributed by atoms with Gasteiger partial charge in [0.2, 0.25) is 0 Å². The summed E-state index contributed by atoms with van der Waals surface area (Å²) < 4.78 is 7.59. The minimum atomic E-state index is 0.486. The minimum Gasteiger partial charge on any atom is -0.489 e. The number of ether oxygens (including phenoxy) is 1. The van der Waals surface area contributed by atoms with Gasteiger partial charge < -0.3 is 4.74 Å². The second-order valence-electron chi connectivity index (χ2n) is 6.48. The molecule has 2 aromatic carbocycles. The van der Waals surface area contributed by atoms with Crippen molar-refractivity contribution in [3.05, 3.63) is 76.4 Å². The number of halogens is 1. The highest BCUT2D eigenvalue weighted by molar-refractivity contribution is 7.16. The fourth-order valence-corrected chi connectivity index (χ4v) is 3.86. The summed E-state index contributed by atoms with van der Waals surface area (Å²) in [4.78, 5) is 10.1. The molecule has 0 saturated heterocycles. The van der Waals surface area contributed by atoms with Crippen LogP contribution in [0.5, 0.6) is 5.75 Å². The van der Waals surface area contributed by atoms with Crippen LogP contribution >= 0.6 is 22.9 Å². The Balaban J connectivity index is 1.37. The van der Waals surface area contributed by atoms with Gasteiger partial charge in [0.25, 0.3) is 0 Å². The van der Waals surface area contributed by atoms with E-state index in [1.807, 2.05) is 60.8 Å². The zero-order valence-electron chi connectivity index (χ0n) is 15.0. The van der Waals surface area contributed by atoms with Crippen molar-refractivity contribution in [2.75, 3.05) is 0 Å². The molecular formula is C21H15ClN4OS. The lowest BCUT2D eigenvalue weighted by Gasteiger charge is -2.08. The van der Waals surface area contributed by atoms with E-state index in [-0.39, 0.29) is 0 Å². The number of aromatic nitrogens is 4. The fraction of sp³-hybridized carbons (Fsp3) is 0.0952. The van der Waals surface area contributed by atoms with E-state index >= 15 is 0 Å². The molecule has 0 saturated carbocycles. The van der Waals surface area contributed by atoms with Gasteiger partial charge in [-0.2, -0.15) is 0 Å². The molecule has 7 heteroatoms. The molecule has 5 nitrogen and oxygen atoms in total. The molecule has 0 aliphatic rings. The first-order valence-electron chi connectivity index (χ1n) is 8.74. The number of hydrogen-bond acceptors (Lipinski definition) is 5. The van der Waals surface area contributed by atoms with E-state index in [0.717, 1.165) is 43.3 Å². The SMILES string of the molecule is Cc1cc(OCc2ccc(-c3nc4c5ccsc5ncn4n3)cc2)ccc1Cl. The van der Waals surface area contributed by atoms with E-state index in [1.165, 1.54) is 0 Å². The maximum absolute atomic E-state index is 6.06. The number of nitrogens with zero attached hydrogens (tertiary/aromatic N) is 4. The van der Waals surface area contributed by atoms with Crippen LogP contribution in [0, 0.1) is 6.92 Å². The minimum absolute atomic E-state index is 0.486. The Hall–Kier alpha value is -2.96. The van der Waals surface area contributed by atoms with Crippen molar-refractivity contribution in [2.45, 2.75) is 13.5 Å². The molecular weight excluding hydrogens is 392 g/mol. The first-order valence-corrected chi connectivity index (χ1v) is 10.00. The van der Waals surface area contributed by atoms with Gasteiger partial charge in [-0.25, -0.2) is 14.5 Å². The largest absolute Gasteiger partial charge is 0.489 e. The standard InChI is InChI=1S/C21H15ClN4OS/c1-13-10-16(6-7-18(13)22)27-11-14-2-4-15(5-3-14)19-24-20-17-8-9-28-21(17)23-12-26(20)25-19/h2-10,12H,11H2,1H3. The van der Waals surface area contributed by atoms with Crippen molar-refractivity contribution in [3.63, 3.8) is 0 Å². The van der Waals surface area contributed by atoms with Crippen LogP contribution in [0.15, 0.2) is 60.2 Å². The van der Waals surface area contributed by atoms with Crippen LogP contribution in [-0.4, -0.2) is 19.6 Å². The van der Waals surface area contributed by atoms with Gasteiger partial charge in [0, 0.05) is 10.6 Å². The third-order valence-electron chi connectivity index (χ3n) is 4.55. The van der Waals surface area contributed by atoms with Crippen molar-refractivity contribution >= 4 is 38.8 Å². The molecule has 0 fully saturated rings. The van der Waals surface area contributed by atoms with E-state index in [9.17, 15) is 0 Å². The monoisotopic (exact) mass is 406 g/mol. The lowest BCUT2D eigenvalue weighted by atomic mass is 10.1. The van der Waals surface area contributed by atoms with Crippen LogP contribution < -0.4 is 4.74 Å². The predicted octanol–water partition coefficient (Wildman–Crippen LogP) is 5.55. The first-order chi connectivity index (χ1) is 13.7. The van der Waals surface area contributed by atoms with E-state index in [2.05, 4.69) is 10.1 Å². The topological polar surface area (TPSA) is 52.3 Å². The van der Waals surface area contributed by atoms with Crippen molar-refractivity contribution in [3.8, 4) is 17.1 Å². The third kappa shape index (κ3) is 3.10. The van der Waals surface area contributed by atoms with Crippen LogP contribution in [0.2, 0.25) is 5.02 Å². The number of thiophene rings is 1. The Bertz CT molecular complexity index is 1290. The molecule has 138 valence electrons. The van der Waals surface area contributed by atoms with Gasteiger partial charge in [-0.3, -0.25) is 0 Å². The second kappa shape index (κ2) is 6.89. The Morgan fingerprint density at radius 2 is 1.96 bits per heavy atom. The highest BCUT2D eigenvalue weighted by Gasteiger charge is 2.11. The Morgan fingerprint density at radius 3 is 2.79 bits per heavy atom. The molecule has 3 aromatic heterocycles. The Labute approximate surface area is 170 Å². The van der Waals surface area contributed by atoms with Crippen molar-refractivity contribution in [2.24, 2.45) is 0 Å². The summed E-state index contributed by atoms with van der Waals surface area (Å²) in [6.07, 6.45) is 1.71. The van der Waals surface area contributed by atoms with Crippen LogP contribution in [0.3, 0.4) is 0 Å². The third-order valence-corrected chi connectivity index (χ3v) is 5.79. The fourth-order valence-electron chi connectivity index (χ4n) is 3.01. The first kappa shape index (κ1) is 17.2. The van der Waals surface area contributed by atoms with Gasteiger partial charge in [0.15, 0.2) is 11.5 Å². The van der Waals surface area contributed by atoms with Gasteiger partial charge in [-0.05, 0) is 47.7 Å². The molecule has 0 aliphatic heterocycles. The molecule has 0 atom stereocenters. The van der Waals surface area contributed by atoms with Gasteiger partial charge in [0.05, 0.1) is 5.39 Å². The summed E-state index contributed by atoms with van der Waals surface area (Å²) in [5.74, 6) is 1.49. The van der Waals surface area contributed by atoms with Crippen molar-refractivity contribution in [1.29, 1.82) is 0 Å². The van der Waals surface area contributed by atoms with Gasteiger partial charge in [-0.1, -0.05) is 35.9 Å². The second-order valence-corrected chi connectivity index (χ2v) is 7.79. The molecule has 0 amide bonds. The molecule has 5 aromatic rings. The van der Waals surface area contributed by atoms with E-state index in [4.69, 9.17) is 21.3 Å². The summed E-state index contributed by atoms with van der Waals surface area (Å²) in [6, 6.07) is 15.8. The highest BCUT2D eigenvalue weighted by atomic mass is 35.5. The molecule has 0 aliphatic carbocycles. The average molecular weight is 407 g/mol. The molecule has 3 heterocycles. The van der Waals surface area contributed by atoms with E-state index < -0.39 is 0 Å². The molecule has 5 rings (SSSR count). The quantitative estimate of drug-likeness (QED) is 0.393. The number of benzene rings is 2. The number of hydrogen-bond donors (Lipinski definition) is 0. The highest BCUT2D eigenvalue weighted by Crippen LogP contribution is 2.25. The Kier molecular flexibility index (Phi) is 4.22. The number of rotatable bonds is 4. The lowest BCUT2D eigenvalue weighted by molar-refractivity contribution is 0.306. The zero-order chi connectivity index (χ0) is 19.1. The van der Waals surface area contributed by atoms with Gasteiger partial charge in [-0.15, -0.1) is 16.4 Å². The molecule has 0 spiro atoms. The van der Waals surface area contributed by atoms with Crippen molar-refractivity contribution in [1.82, 2.24) is 19.6 Å². The number of fused-ring (bicyclic) bond motifs is 3. The summed E-state index contributed by atoms with van der Waals surface area (Å²) in [7, 11) is 0. The normalized spacial score (nSPS) is 11.4. The smallest absolute Gasteiger partial charge is 0.182 e. The predicted molar refractivity (Wildman–Crippen MR) is 112 cm³/mol. The molecule has 0 bridgehead atoms. The molecule has 28 heavy (non-hydrogen) atoms. The number of aryl methyl sites for hydroxylation is 1. The average Bonchev–Trinajstić information content (AvgIpc) is 3.35. The maximum Gasteiger partial charge on any atom is 0.182 e. The lowest BCUT2D eigenvalue weighted by Crippen LogP contribution is -1.96.